The zero-order valence-electron chi connectivity index (χ0n) is 9.93. The third-order valence-electron chi connectivity index (χ3n) is 3.57. The van der Waals surface area contributed by atoms with Crippen LogP contribution in [0.5, 0.6) is 0 Å². The van der Waals surface area contributed by atoms with E-state index in [1.54, 1.807) is 6.07 Å². The molecule has 1 nitrogen and oxygen atoms in total. The van der Waals surface area contributed by atoms with Crippen LogP contribution in [0.4, 0.5) is 4.39 Å². The average molecular weight is 221 g/mol. The van der Waals surface area contributed by atoms with Crippen molar-refractivity contribution >= 4 is 0 Å². The average Bonchev–Trinajstić information content (AvgIpc) is 2.32. The first-order valence-electron chi connectivity index (χ1n) is 6.25. The van der Waals surface area contributed by atoms with E-state index in [0.29, 0.717) is 6.04 Å². The quantitative estimate of drug-likeness (QED) is 0.823. The minimum absolute atomic E-state index is 0.0945. The van der Waals surface area contributed by atoms with Crippen LogP contribution in [-0.2, 0) is 6.54 Å². The number of hydrogen-bond acceptors (Lipinski definition) is 1. The Morgan fingerprint density at radius 2 is 2.00 bits per heavy atom. The number of nitrogens with one attached hydrogen (secondary N) is 1. The van der Waals surface area contributed by atoms with Crippen LogP contribution in [0.2, 0.25) is 0 Å². The molecule has 0 heterocycles. The molecule has 0 radical (unpaired) electrons. The van der Waals surface area contributed by atoms with Crippen molar-refractivity contribution in [3.63, 3.8) is 0 Å². The van der Waals surface area contributed by atoms with Gasteiger partial charge in [0, 0.05) is 12.6 Å². The summed E-state index contributed by atoms with van der Waals surface area (Å²) in [5.41, 5.74) is 1.87. The van der Waals surface area contributed by atoms with Gasteiger partial charge in [0.1, 0.15) is 5.82 Å². The van der Waals surface area contributed by atoms with Gasteiger partial charge in [0.2, 0.25) is 0 Å². The van der Waals surface area contributed by atoms with Gasteiger partial charge in [-0.15, -0.1) is 0 Å². The molecule has 88 valence electrons. The summed E-state index contributed by atoms with van der Waals surface area (Å²) in [6, 6.07) is 5.96. The standard InChI is InChI=1S/C14H20FN/c1-11-12(6-5-9-14(11)15)10-16-13-7-3-2-4-8-13/h5-6,9,13,16H,2-4,7-8,10H2,1H3. The summed E-state index contributed by atoms with van der Waals surface area (Å²) >= 11 is 0. The monoisotopic (exact) mass is 221 g/mol. The van der Waals surface area contributed by atoms with Gasteiger partial charge in [0.25, 0.3) is 0 Å². The Morgan fingerprint density at radius 1 is 1.25 bits per heavy atom. The van der Waals surface area contributed by atoms with Crippen molar-refractivity contribution in [3.05, 3.63) is 35.1 Å². The van der Waals surface area contributed by atoms with Crippen molar-refractivity contribution in [2.24, 2.45) is 0 Å². The van der Waals surface area contributed by atoms with Crippen molar-refractivity contribution in [3.8, 4) is 0 Å². The zero-order chi connectivity index (χ0) is 11.4. The molecule has 0 amide bonds. The fourth-order valence-electron chi connectivity index (χ4n) is 2.40. The summed E-state index contributed by atoms with van der Waals surface area (Å²) in [5, 5.41) is 3.54. The third-order valence-corrected chi connectivity index (χ3v) is 3.57. The van der Waals surface area contributed by atoms with E-state index in [4.69, 9.17) is 0 Å². The Labute approximate surface area is 97.1 Å². The highest BCUT2D eigenvalue weighted by molar-refractivity contribution is 5.27. The first kappa shape index (κ1) is 11.6. The van der Waals surface area contributed by atoms with Gasteiger partial charge in [-0.1, -0.05) is 31.4 Å². The predicted molar refractivity (Wildman–Crippen MR) is 64.8 cm³/mol. The number of benzene rings is 1. The summed E-state index contributed by atoms with van der Waals surface area (Å²) < 4.78 is 13.3. The van der Waals surface area contributed by atoms with Gasteiger partial charge in [0.05, 0.1) is 0 Å². The molecule has 0 aromatic heterocycles. The Kier molecular flexibility index (Phi) is 3.94. The molecule has 0 aliphatic heterocycles. The summed E-state index contributed by atoms with van der Waals surface area (Å²) in [5.74, 6) is -0.0945. The maximum Gasteiger partial charge on any atom is 0.126 e. The van der Waals surface area contributed by atoms with Gasteiger partial charge in [-0.3, -0.25) is 0 Å². The van der Waals surface area contributed by atoms with Crippen molar-refractivity contribution in [2.45, 2.75) is 51.6 Å². The Morgan fingerprint density at radius 3 is 2.75 bits per heavy atom. The van der Waals surface area contributed by atoms with Crippen LogP contribution in [0.15, 0.2) is 18.2 Å². The van der Waals surface area contributed by atoms with E-state index >= 15 is 0 Å². The Bertz CT molecular complexity index is 343. The lowest BCUT2D eigenvalue weighted by Crippen LogP contribution is -2.30. The highest BCUT2D eigenvalue weighted by Gasteiger charge is 2.13. The molecular weight excluding hydrogens is 201 g/mol. The third kappa shape index (κ3) is 2.82. The maximum atomic E-state index is 13.3. The SMILES string of the molecule is Cc1c(F)cccc1CNC1CCCCC1. The van der Waals surface area contributed by atoms with Crippen LogP contribution in [0, 0.1) is 12.7 Å². The summed E-state index contributed by atoms with van der Waals surface area (Å²) in [7, 11) is 0. The van der Waals surface area contributed by atoms with Crippen molar-refractivity contribution in [1.82, 2.24) is 5.32 Å². The highest BCUT2D eigenvalue weighted by atomic mass is 19.1. The van der Waals surface area contributed by atoms with Crippen molar-refractivity contribution < 1.29 is 4.39 Å². The largest absolute Gasteiger partial charge is 0.310 e. The molecule has 1 saturated carbocycles. The van der Waals surface area contributed by atoms with Gasteiger partial charge in [-0.25, -0.2) is 4.39 Å². The van der Waals surface area contributed by atoms with E-state index in [1.807, 2.05) is 13.0 Å². The number of rotatable bonds is 3. The lowest BCUT2D eigenvalue weighted by molar-refractivity contribution is 0.372. The molecule has 1 aliphatic carbocycles. The Balaban J connectivity index is 1.91. The lowest BCUT2D eigenvalue weighted by Gasteiger charge is -2.23. The maximum absolute atomic E-state index is 13.3. The van der Waals surface area contributed by atoms with E-state index in [1.165, 1.54) is 38.2 Å². The molecule has 1 aliphatic rings. The minimum Gasteiger partial charge on any atom is -0.310 e. The molecule has 0 unspecified atom stereocenters. The van der Waals surface area contributed by atoms with Gasteiger partial charge in [-0.2, -0.15) is 0 Å². The fourth-order valence-corrected chi connectivity index (χ4v) is 2.40. The first-order valence-corrected chi connectivity index (χ1v) is 6.25. The Hall–Kier alpha value is -0.890. The van der Waals surface area contributed by atoms with E-state index in [2.05, 4.69) is 5.32 Å². The summed E-state index contributed by atoms with van der Waals surface area (Å²) in [4.78, 5) is 0. The molecule has 0 atom stereocenters. The first-order chi connectivity index (χ1) is 7.77. The smallest absolute Gasteiger partial charge is 0.126 e. The number of halogens is 1. The van der Waals surface area contributed by atoms with Crippen LogP contribution in [-0.4, -0.2) is 6.04 Å². The molecule has 0 saturated heterocycles. The zero-order valence-corrected chi connectivity index (χ0v) is 9.93. The molecule has 1 fully saturated rings. The van der Waals surface area contributed by atoms with E-state index in [9.17, 15) is 4.39 Å². The topological polar surface area (TPSA) is 12.0 Å². The van der Waals surface area contributed by atoms with Crippen LogP contribution >= 0.6 is 0 Å². The van der Waals surface area contributed by atoms with E-state index < -0.39 is 0 Å². The molecule has 1 N–H and O–H groups in total. The van der Waals surface area contributed by atoms with Crippen LogP contribution in [0.1, 0.15) is 43.2 Å². The molecular formula is C14H20FN. The molecule has 1 aromatic carbocycles. The molecule has 0 bridgehead atoms. The van der Waals surface area contributed by atoms with Crippen LogP contribution in [0.3, 0.4) is 0 Å². The van der Waals surface area contributed by atoms with Gasteiger partial charge in [-0.05, 0) is 37.0 Å². The molecule has 2 rings (SSSR count). The van der Waals surface area contributed by atoms with Gasteiger partial charge >= 0.3 is 0 Å². The van der Waals surface area contributed by atoms with Crippen LogP contribution < -0.4 is 5.32 Å². The molecule has 2 heteroatoms. The minimum atomic E-state index is -0.0945. The van der Waals surface area contributed by atoms with Gasteiger partial charge < -0.3 is 5.32 Å². The molecule has 1 aromatic rings. The van der Waals surface area contributed by atoms with Crippen molar-refractivity contribution in [1.29, 1.82) is 0 Å². The summed E-state index contributed by atoms with van der Waals surface area (Å²) in [6.07, 6.45) is 6.58. The lowest BCUT2D eigenvalue weighted by atomic mass is 9.95. The summed E-state index contributed by atoms with van der Waals surface area (Å²) in [6.45, 7) is 2.65. The number of hydrogen-bond donors (Lipinski definition) is 1. The van der Waals surface area contributed by atoms with Gasteiger partial charge in [0.15, 0.2) is 0 Å². The van der Waals surface area contributed by atoms with Crippen LogP contribution in [0.25, 0.3) is 0 Å². The second kappa shape index (κ2) is 5.44. The fraction of sp³-hybridized carbons (Fsp3) is 0.571. The molecule has 16 heavy (non-hydrogen) atoms. The normalized spacial score (nSPS) is 17.6. The van der Waals surface area contributed by atoms with E-state index in [-0.39, 0.29) is 5.82 Å². The molecule has 0 spiro atoms. The predicted octanol–water partition coefficient (Wildman–Crippen LogP) is 3.56. The second-order valence-corrected chi connectivity index (χ2v) is 4.74. The second-order valence-electron chi connectivity index (χ2n) is 4.74. The highest BCUT2D eigenvalue weighted by Crippen LogP contribution is 2.18. The van der Waals surface area contributed by atoms with E-state index in [0.717, 1.165) is 17.7 Å². The van der Waals surface area contributed by atoms with Crippen molar-refractivity contribution in [2.75, 3.05) is 0 Å².